The highest BCUT2D eigenvalue weighted by molar-refractivity contribution is 9.10. The fraction of sp³-hybridized carbons (Fsp3) is 0.0938. The van der Waals surface area contributed by atoms with Crippen molar-refractivity contribution >= 4 is 62.3 Å². The predicted octanol–water partition coefficient (Wildman–Crippen LogP) is 6.52. The van der Waals surface area contributed by atoms with E-state index in [0.29, 0.717) is 37.7 Å². The molecule has 0 saturated heterocycles. The third kappa shape index (κ3) is 5.45. The number of carbonyl (C=O) groups is 1. The molecule has 3 heterocycles. The average Bonchev–Trinajstić information content (AvgIpc) is 3.62. The Hall–Kier alpha value is -4.58. The monoisotopic (exact) mass is 689 g/mol. The SMILES string of the molecule is CCOC(=O)C1=C(c2ccccc2)N=c2s/c(=C\c3ccc(-c4cc(Cl)c(Br)c([N+](=O)[O-])c4)o3)c(=O)n2[C@H]1c1ccccc1. The molecule has 6 rings (SSSR count). The zero-order valence-electron chi connectivity index (χ0n) is 22.9. The Morgan fingerprint density at radius 3 is 2.50 bits per heavy atom. The van der Waals surface area contributed by atoms with Gasteiger partial charge in [-0.3, -0.25) is 19.5 Å². The van der Waals surface area contributed by atoms with Gasteiger partial charge in [0.05, 0.1) is 38.4 Å². The number of nitro groups is 1. The number of esters is 1. The van der Waals surface area contributed by atoms with E-state index >= 15 is 0 Å². The van der Waals surface area contributed by atoms with Crippen molar-refractivity contribution in [3.8, 4) is 11.3 Å². The smallest absolute Gasteiger partial charge is 0.338 e. The van der Waals surface area contributed by atoms with Crippen molar-refractivity contribution in [3.05, 3.63) is 147 Å². The van der Waals surface area contributed by atoms with E-state index in [9.17, 15) is 19.7 Å². The van der Waals surface area contributed by atoms with Crippen molar-refractivity contribution in [1.82, 2.24) is 4.57 Å². The second-order valence-corrected chi connectivity index (χ2v) is 11.8. The van der Waals surface area contributed by atoms with Gasteiger partial charge in [-0.2, -0.15) is 0 Å². The molecule has 0 bridgehead atoms. The number of hydrogen-bond acceptors (Lipinski definition) is 8. The summed E-state index contributed by atoms with van der Waals surface area (Å²) in [6.07, 6.45) is 1.58. The van der Waals surface area contributed by atoms with E-state index in [-0.39, 0.29) is 32.9 Å². The van der Waals surface area contributed by atoms with Crippen LogP contribution in [-0.2, 0) is 9.53 Å². The molecule has 2 aromatic heterocycles. The van der Waals surface area contributed by atoms with Crippen LogP contribution in [0.25, 0.3) is 23.1 Å². The summed E-state index contributed by atoms with van der Waals surface area (Å²) in [5.41, 5.74) is 1.97. The van der Waals surface area contributed by atoms with Gasteiger partial charge in [-0.25, -0.2) is 9.79 Å². The van der Waals surface area contributed by atoms with Gasteiger partial charge in [0.15, 0.2) is 4.80 Å². The number of benzene rings is 3. The minimum absolute atomic E-state index is 0.157. The van der Waals surface area contributed by atoms with Crippen LogP contribution in [0.15, 0.2) is 109 Å². The lowest BCUT2D eigenvalue weighted by molar-refractivity contribution is -0.385. The molecule has 0 spiro atoms. The molecule has 3 aromatic carbocycles. The molecule has 1 atom stereocenters. The van der Waals surface area contributed by atoms with E-state index in [2.05, 4.69) is 15.9 Å². The lowest BCUT2D eigenvalue weighted by Crippen LogP contribution is -2.39. The quantitative estimate of drug-likeness (QED) is 0.109. The highest BCUT2D eigenvalue weighted by atomic mass is 79.9. The van der Waals surface area contributed by atoms with Gasteiger partial charge in [0, 0.05) is 23.3 Å². The van der Waals surface area contributed by atoms with E-state index in [1.807, 2.05) is 60.7 Å². The van der Waals surface area contributed by atoms with Gasteiger partial charge in [0.25, 0.3) is 11.2 Å². The van der Waals surface area contributed by atoms with Gasteiger partial charge in [0.2, 0.25) is 0 Å². The first kappa shape index (κ1) is 29.5. The molecule has 0 amide bonds. The summed E-state index contributed by atoms with van der Waals surface area (Å²) in [7, 11) is 0. The van der Waals surface area contributed by atoms with Gasteiger partial charge in [-0.1, -0.05) is 83.6 Å². The molecule has 0 fully saturated rings. The van der Waals surface area contributed by atoms with Crippen LogP contribution in [0.5, 0.6) is 0 Å². The Kier molecular flexibility index (Phi) is 8.17. The molecule has 44 heavy (non-hydrogen) atoms. The standard InChI is InChI=1S/C32H21BrClN3O6S/c1-2-42-31(39)26-28(18-9-5-3-6-10-18)35-32-36(29(26)19-11-7-4-8-12-19)30(38)25(44-32)17-21-13-14-24(43-21)20-15-22(34)27(33)23(16-20)37(40)41/h3-17,29H,2H2,1H3/b25-17-/t29-/m0/s1. The maximum absolute atomic E-state index is 14.0. The normalized spacial score (nSPS) is 14.7. The molecule has 0 unspecified atom stereocenters. The number of nitro benzene ring substituents is 1. The van der Waals surface area contributed by atoms with Gasteiger partial charge >= 0.3 is 5.97 Å². The van der Waals surface area contributed by atoms with Crippen molar-refractivity contribution in [1.29, 1.82) is 0 Å². The number of halogens is 2. The maximum Gasteiger partial charge on any atom is 0.338 e. The fourth-order valence-electron chi connectivity index (χ4n) is 4.96. The van der Waals surface area contributed by atoms with Crippen LogP contribution in [0.4, 0.5) is 5.69 Å². The van der Waals surface area contributed by atoms with Crippen LogP contribution in [0.1, 0.15) is 29.9 Å². The van der Waals surface area contributed by atoms with Crippen molar-refractivity contribution in [2.24, 2.45) is 4.99 Å². The molecule has 220 valence electrons. The predicted molar refractivity (Wildman–Crippen MR) is 171 cm³/mol. The first-order valence-corrected chi connectivity index (χ1v) is 15.3. The van der Waals surface area contributed by atoms with E-state index in [0.717, 1.165) is 16.9 Å². The average molecular weight is 691 g/mol. The molecule has 0 aliphatic carbocycles. The Bertz CT molecular complexity index is 2140. The minimum atomic E-state index is -0.790. The number of ether oxygens (including phenoxy) is 1. The third-order valence-electron chi connectivity index (χ3n) is 6.88. The van der Waals surface area contributed by atoms with Gasteiger partial charge in [0.1, 0.15) is 16.0 Å². The van der Waals surface area contributed by atoms with Crippen LogP contribution in [0.2, 0.25) is 5.02 Å². The highest BCUT2D eigenvalue weighted by Crippen LogP contribution is 2.38. The molecule has 0 radical (unpaired) electrons. The number of furan rings is 1. The number of nitrogens with zero attached hydrogens (tertiary/aromatic N) is 3. The summed E-state index contributed by atoms with van der Waals surface area (Å²) in [6.45, 7) is 1.88. The van der Waals surface area contributed by atoms with E-state index < -0.39 is 16.9 Å². The lowest BCUT2D eigenvalue weighted by Gasteiger charge is -2.25. The summed E-state index contributed by atoms with van der Waals surface area (Å²) in [5, 5.41) is 11.6. The van der Waals surface area contributed by atoms with Crippen LogP contribution in [0, 0.1) is 10.1 Å². The third-order valence-corrected chi connectivity index (χ3v) is 9.22. The molecule has 5 aromatic rings. The lowest BCUT2D eigenvalue weighted by atomic mass is 9.93. The Morgan fingerprint density at radius 1 is 1.11 bits per heavy atom. The van der Waals surface area contributed by atoms with Crippen LogP contribution < -0.4 is 14.9 Å². The van der Waals surface area contributed by atoms with Crippen molar-refractivity contribution in [2.45, 2.75) is 13.0 Å². The summed E-state index contributed by atoms with van der Waals surface area (Å²) >= 11 is 10.5. The largest absolute Gasteiger partial charge is 0.463 e. The Morgan fingerprint density at radius 2 is 1.82 bits per heavy atom. The number of hydrogen-bond donors (Lipinski definition) is 0. The fourth-order valence-corrected chi connectivity index (χ4v) is 6.52. The van der Waals surface area contributed by atoms with Crippen molar-refractivity contribution < 1.29 is 18.9 Å². The van der Waals surface area contributed by atoms with Gasteiger partial charge < -0.3 is 9.15 Å². The van der Waals surface area contributed by atoms with Crippen molar-refractivity contribution in [3.63, 3.8) is 0 Å². The molecular formula is C32H21BrClN3O6S. The number of carbonyl (C=O) groups excluding carboxylic acids is 1. The van der Waals surface area contributed by atoms with Crippen LogP contribution in [0.3, 0.4) is 0 Å². The van der Waals surface area contributed by atoms with Gasteiger partial charge in [-0.05, 0) is 46.6 Å². The van der Waals surface area contributed by atoms with Crippen molar-refractivity contribution in [2.75, 3.05) is 6.61 Å². The molecule has 0 N–H and O–H groups in total. The molecule has 12 heteroatoms. The first-order valence-electron chi connectivity index (χ1n) is 13.3. The molecular weight excluding hydrogens is 670 g/mol. The molecule has 1 aliphatic heterocycles. The second kappa shape index (κ2) is 12.2. The van der Waals surface area contributed by atoms with E-state index in [1.165, 1.54) is 10.6 Å². The number of aromatic nitrogens is 1. The number of fused-ring (bicyclic) bond motifs is 1. The summed E-state index contributed by atoms with van der Waals surface area (Å²) < 4.78 is 13.5. The summed E-state index contributed by atoms with van der Waals surface area (Å²) in [6, 6.07) is 24.0. The maximum atomic E-state index is 14.0. The second-order valence-electron chi connectivity index (χ2n) is 9.59. The zero-order chi connectivity index (χ0) is 31.0. The molecule has 9 nitrogen and oxygen atoms in total. The number of thiazole rings is 1. The van der Waals surface area contributed by atoms with Crippen LogP contribution in [-0.4, -0.2) is 22.1 Å². The van der Waals surface area contributed by atoms with E-state index in [1.54, 1.807) is 31.2 Å². The number of rotatable bonds is 7. The summed E-state index contributed by atoms with van der Waals surface area (Å²) in [4.78, 5) is 43.7. The molecule has 0 saturated carbocycles. The molecule has 1 aliphatic rings. The zero-order valence-corrected chi connectivity index (χ0v) is 26.1. The Balaban J connectivity index is 1.53. The van der Waals surface area contributed by atoms with E-state index in [4.69, 9.17) is 25.7 Å². The summed E-state index contributed by atoms with van der Waals surface area (Å²) in [5.74, 6) is 0.118. The first-order chi connectivity index (χ1) is 21.3. The highest BCUT2D eigenvalue weighted by Gasteiger charge is 2.35. The Labute approximate surface area is 267 Å². The topological polar surface area (TPSA) is 117 Å². The van der Waals surface area contributed by atoms with Crippen LogP contribution >= 0.6 is 38.9 Å². The van der Waals surface area contributed by atoms with Gasteiger partial charge in [-0.15, -0.1) is 0 Å². The minimum Gasteiger partial charge on any atom is -0.463 e.